The third kappa shape index (κ3) is 6.75. The van der Waals surface area contributed by atoms with Crippen LogP contribution in [0.2, 0.25) is 0 Å². The van der Waals surface area contributed by atoms with Crippen LogP contribution in [0.25, 0.3) is 11.3 Å². The van der Waals surface area contributed by atoms with Crippen molar-refractivity contribution in [2.45, 2.75) is 51.3 Å². The highest BCUT2D eigenvalue weighted by Gasteiger charge is 2.53. The number of pyridine rings is 1. The van der Waals surface area contributed by atoms with Crippen LogP contribution in [0.1, 0.15) is 44.0 Å². The van der Waals surface area contributed by atoms with Gasteiger partial charge in [-0.1, -0.05) is 20.8 Å². The second kappa shape index (κ2) is 12.3. The van der Waals surface area contributed by atoms with Crippen molar-refractivity contribution in [2.24, 2.45) is 17.3 Å². The van der Waals surface area contributed by atoms with E-state index in [1.54, 1.807) is 17.2 Å². The number of hydrogen-bond donors (Lipinski definition) is 3. The Morgan fingerprint density at radius 3 is 2.41 bits per heavy atom. The summed E-state index contributed by atoms with van der Waals surface area (Å²) in [6, 6.07) is 9.50. The number of likely N-dealkylation sites (tertiary alicyclic amines) is 1. The number of carboxylic acid groups (broad SMARTS) is 1. The molecule has 0 spiro atoms. The number of ether oxygens (including phenoxy) is 1. The second-order valence-electron chi connectivity index (χ2n) is 13.4. The highest BCUT2D eigenvalue weighted by Crippen LogP contribution is 2.49. The summed E-state index contributed by atoms with van der Waals surface area (Å²) in [5.41, 5.74) is -1.77. The zero-order valence-electron chi connectivity index (χ0n) is 25.9. The minimum atomic E-state index is -3.83. The Hall–Kier alpha value is -3.97. The van der Waals surface area contributed by atoms with Crippen LogP contribution in [0.3, 0.4) is 0 Å². The van der Waals surface area contributed by atoms with Gasteiger partial charge in [0.1, 0.15) is 11.6 Å². The van der Waals surface area contributed by atoms with Gasteiger partial charge in [0.25, 0.3) is 5.91 Å². The molecule has 0 radical (unpaired) electrons. The molecule has 3 aliphatic rings. The summed E-state index contributed by atoms with van der Waals surface area (Å²) in [6.45, 7) is 10.3. The van der Waals surface area contributed by atoms with E-state index in [0.717, 1.165) is 56.1 Å². The quantitative estimate of drug-likeness (QED) is 0.272. The van der Waals surface area contributed by atoms with Gasteiger partial charge in [0.05, 0.1) is 11.3 Å². The molecule has 1 aliphatic carbocycles. The number of rotatable bonds is 7. The Kier molecular flexibility index (Phi) is 8.57. The van der Waals surface area contributed by atoms with Gasteiger partial charge >= 0.3 is 11.7 Å². The number of benzene rings is 1. The van der Waals surface area contributed by atoms with Gasteiger partial charge in [-0.2, -0.15) is 5.10 Å². The van der Waals surface area contributed by atoms with Crippen LogP contribution in [0.5, 0.6) is 5.75 Å². The van der Waals surface area contributed by atoms with Crippen LogP contribution in [0.4, 0.5) is 25.1 Å². The average Bonchev–Trinajstić information content (AvgIpc) is 3.74. The summed E-state index contributed by atoms with van der Waals surface area (Å²) in [6.07, 6.45) is 4.38. The van der Waals surface area contributed by atoms with E-state index in [-0.39, 0.29) is 17.2 Å². The number of fused-ring (bicyclic) bond motifs is 1. The van der Waals surface area contributed by atoms with E-state index in [1.807, 2.05) is 6.07 Å². The fraction of sp³-hybridized carbons (Fsp3) is 0.500. The van der Waals surface area contributed by atoms with E-state index in [0.29, 0.717) is 35.7 Å². The third-order valence-corrected chi connectivity index (χ3v) is 9.50. The number of anilines is 2. The zero-order valence-corrected chi connectivity index (χ0v) is 26.7. The third-order valence-electron chi connectivity index (χ3n) is 9.43. The monoisotopic (exact) mass is 657 g/mol. The van der Waals surface area contributed by atoms with E-state index in [9.17, 15) is 23.5 Å². The molecule has 3 N–H and O–H groups in total. The molecule has 1 saturated carbocycles. The van der Waals surface area contributed by atoms with Gasteiger partial charge in [-0.3, -0.25) is 14.8 Å². The second-order valence-corrected chi connectivity index (χ2v) is 13.8. The maximum atomic E-state index is 13.1. The topological polar surface area (TPSA) is 127 Å². The summed E-state index contributed by atoms with van der Waals surface area (Å²) in [4.78, 5) is 36.3. The van der Waals surface area contributed by atoms with Gasteiger partial charge in [0.2, 0.25) is 0 Å². The highest BCUT2D eigenvalue weighted by molar-refractivity contribution is 6.20. The Bertz CT molecular complexity index is 1550. The Morgan fingerprint density at radius 1 is 1.09 bits per heavy atom. The molecule has 2 amide bonds. The number of nitrogens with one attached hydrogen (secondary N) is 2. The molecule has 0 bridgehead atoms. The molecule has 2 unspecified atom stereocenters. The standard InChI is InChI=1S/C32H38ClF2N7O4/c1-31(2,3)27-24-16-22(14-20(24)18-42(27)30(44)45)40-10-12-41(13-11-40)28-25(26-8-9-37-39-26)15-19(17-36-28)29(43)38-21-4-6-23(7-5-21)46-32(33,34)35/h4-9,15,17,20,22,24,27H,10-14,16,18H2,1-3H3,(H,37,39)(H,38,43)(H,44,45)/t20-,22?,24-,27?/m1/s1. The lowest BCUT2D eigenvalue weighted by Gasteiger charge is -2.41. The number of carbonyl (C=O) groups excluding carboxylic acids is 1. The Morgan fingerprint density at radius 2 is 1.80 bits per heavy atom. The van der Waals surface area contributed by atoms with Gasteiger partial charge in [-0.25, -0.2) is 9.78 Å². The highest BCUT2D eigenvalue weighted by atomic mass is 35.5. The SMILES string of the molecule is CC(C)(C)C1[C@@H]2CC(N3CCN(c4ncc(C(=O)Nc5ccc(OC(F)(F)Cl)cc5)cc4-c4ccn[nH]4)CC3)C[C@@H]2CN1C(=O)O. The number of amides is 2. The van der Waals surface area contributed by atoms with Crippen molar-refractivity contribution in [3.8, 4) is 17.0 Å². The molecule has 14 heteroatoms. The fourth-order valence-electron chi connectivity index (χ4n) is 7.61. The molecule has 4 atom stereocenters. The maximum absolute atomic E-state index is 13.1. The largest absolute Gasteiger partial charge is 0.487 e. The molecular formula is C32H38ClF2N7O4. The lowest BCUT2D eigenvalue weighted by molar-refractivity contribution is -0.0964. The Labute approximate surface area is 270 Å². The summed E-state index contributed by atoms with van der Waals surface area (Å²) in [5.74, 6) is 0.950. The predicted octanol–water partition coefficient (Wildman–Crippen LogP) is 5.82. The number of halogens is 3. The lowest BCUT2D eigenvalue weighted by atomic mass is 9.77. The van der Waals surface area contributed by atoms with E-state index < -0.39 is 17.6 Å². The summed E-state index contributed by atoms with van der Waals surface area (Å²) >= 11 is 4.82. The first-order chi connectivity index (χ1) is 21.8. The first-order valence-electron chi connectivity index (χ1n) is 15.4. The van der Waals surface area contributed by atoms with Crippen molar-refractivity contribution in [1.29, 1.82) is 0 Å². The van der Waals surface area contributed by atoms with Crippen LogP contribution >= 0.6 is 11.6 Å². The van der Waals surface area contributed by atoms with Crippen molar-refractivity contribution in [2.75, 3.05) is 42.9 Å². The fourth-order valence-corrected chi connectivity index (χ4v) is 7.69. The van der Waals surface area contributed by atoms with Crippen molar-refractivity contribution < 1.29 is 28.2 Å². The zero-order chi connectivity index (χ0) is 32.8. The molecule has 4 heterocycles. The van der Waals surface area contributed by atoms with Crippen molar-refractivity contribution in [3.63, 3.8) is 0 Å². The summed E-state index contributed by atoms with van der Waals surface area (Å²) in [7, 11) is 0. The number of H-pyrrole nitrogens is 1. The van der Waals surface area contributed by atoms with Crippen LogP contribution < -0.4 is 15.0 Å². The van der Waals surface area contributed by atoms with Gasteiger partial charge in [0.15, 0.2) is 0 Å². The summed E-state index contributed by atoms with van der Waals surface area (Å²) in [5, 5.41) is 19.7. The van der Waals surface area contributed by atoms with Crippen molar-refractivity contribution in [1.82, 2.24) is 25.0 Å². The molecule has 2 saturated heterocycles. The first kappa shape index (κ1) is 32.0. The molecule has 2 aliphatic heterocycles. The molecular weight excluding hydrogens is 620 g/mol. The molecule has 11 nitrogen and oxygen atoms in total. The number of alkyl halides is 3. The van der Waals surface area contributed by atoms with Gasteiger partial charge in [0, 0.05) is 80.1 Å². The number of hydrogen-bond acceptors (Lipinski definition) is 7. The number of aromatic nitrogens is 3. The average molecular weight is 658 g/mol. The van der Waals surface area contributed by atoms with Crippen molar-refractivity contribution >= 4 is 35.1 Å². The number of aromatic amines is 1. The molecule has 2 aromatic heterocycles. The first-order valence-corrected chi connectivity index (χ1v) is 15.8. The van der Waals surface area contributed by atoms with E-state index in [2.05, 4.69) is 50.8 Å². The molecule has 3 aromatic rings. The van der Waals surface area contributed by atoms with Crippen LogP contribution in [-0.2, 0) is 0 Å². The molecule has 6 rings (SSSR count). The summed E-state index contributed by atoms with van der Waals surface area (Å²) < 4.78 is 30.2. The predicted molar refractivity (Wildman–Crippen MR) is 169 cm³/mol. The normalized spacial score (nSPS) is 23.8. The van der Waals surface area contributed by atoms with Gasteiger partial charge in [-0.15, -0.1) is 8.78 Å². The molecule has 3 fully saturated rings. The van der Waals surface area contributed by atoms with Crippen LogP contribution in [0.15, 0.2) is 48.8 Å². The number of carbonyl (C=O) groups is 2. The van der Waals surface area contributed by atoms with Crippen LogP contribution in [-0.4, -0.2) is 92.5 Å². The Balaban J connectivity index is 1.12. The number of piperazine rings is 1. The maximum Gasteiger partial charge on any atom is 0.487 e. The molecule has 1 aromatic carbocycles. The lowest BCUT2D eigenvalue weighted by Crippen LogP contribution is -2.51. The number of nitrogens with zero attached hydrogens (tertiary/aromatic N) is 5. The minimum absolute atomic E-state index is 0.0236. The van der Waals surface area contributed by atoms with Crippen LogP contribution in [0, 0.1) is 17.3 Å². The van der Waals surface area contributed by atoms with Gasteiger partial charge < -0.3 is 25.0 Å². The van der Waals surface area contributed by atoms with Gasteiger partial charge in [-0.05, 0) is 66.5 Å². The van der Waals surface area contributed by atoms with E-state index in [4.69, 9.17) is 16.6 Å². The molecule has 246 valence electrons. The van der Waals surface area contributed by atoms with Crippen molar-refractivity contribution in [3.05, 3.63) is 54.4 Å². The molecule has 46 heavy (non-hydrogen) atoms. The minimum Gasteiger partial charge on any atom is -0.465 e. The van der Waals surface area contributed by atoms with E-state index in [1.165, 1.54) is 30.5 Å². The van der Waals surface area contributed by atoms with E-state index >= 15 is 0 Å². The smallest absolute Gasteiger partial charge is 0.465 e.